The van der Waals surface area contributed by atoms with Gasteiger partial charge in [-0.25, -0.2) is 4.39 Å². The summed E-state index contributed by atoms with van der Waals surface area (Å²) in [5, 5.41) is 2.60. The van der Waals surface area contributed by atoms with Gasteiger partial charge in [0.2, 0.25) is 11.8 Å². The average molecular weight is 411 g/mol. The van der Waals surface area contributed by atoms with Gasteiger partial charge in [-0.1, -0.05) is 12.1 Å². The van der Waals surface area contributed by atoms with Crippen LogP contribution in [-0.2, 0) is 9.59 Å². The summed E-state index contributed by atoms with van der Waals surface area (Å²) >= 11 is 0. The normalized spacial score (nSPS) is 13.3. The van der Waals surface area contributed by atoms with Gasteiger partial charge in [0.1, 0.15) is 18.9 Å². The minimum atomic E-state index is -0.740. The molecule has 1 heterocycles. The zero-order valence-corrected chi connectivity index (χ0v) is 16.9. The topological polar surface area (TPSA) is 86.8 Å². The number of carbonyl (C=O) groups is 4. The Hall–Kier alpha value is -3.55. The lowest BCUT2D eigenvalue weighted by atomic mass is 10.1. The molecule has 0 saturated heterocycles. The number of nitrogens with one attached hydrogen (secondary N) is 1. The van der Waals surface area contributed by atoms with Crippen LogP contribution in [0.5, 0.6) is 0 Å². The summed E-state index contributed by atoms with van der Waals surface area (Å²) in [6, 6.07) is 11.6. The van der Waals surface area contributed by atoms with E-state index in [0.717, 1.165) is 4.90 Å². The van der Waals surface area contributed by atoms with Gasteiger partial charge in [0.15, 0.2) is 0 Å². The number of hydrogen-bond acceptors (Lipinski definition) is 4. The molecule has 0 atom stereocenters. The van der Waals surface area contributed by atoms with E-state index in [1.165, 1.54) is 41.3 Å². The molecular weight excluding hydrogens is 389 g/mol. The highest BCUT2D eigenvalue weighted by Gasteiger charge is 2.38. The predicted octanol–water partition coefficient (Wildman–Crippen LogP) is 2.69. The molecule has 2 aromatic rings. The van der Waals surface area contributed by atoms with E-state index >= 15 is 0 Å². The van der Waals surface area contributed by atoms with Crippen molar-refractivity contribution >= 4 is 29.3 Å². The van der Waals surface area contributed by atoms with Gasteiger partial charge in [0.05, 0.1) is 11.1 Å². The zero-order chi connectivity index (χ0) is 22.1. The van der Waals surface area contributed by atoms with Crippen LogP contribution >= 0.6 is 0 Å². The fraction of sp³-hybridized carbons (Fsp3) is 0.273. The Balaban J connectivity index is 1.72. The van der Waals surface area contributed by atoms with E-state index in [2.05, 4.69) is 5.32 Å². The van der Waals surface area contributed by atoms with E-state index in [1.54, 1.807) is 32.9 Å². The maximum atomic E-state index is 13.0. The highest BCUT2D eigenvalue weighted by atomic mass is 19.1. The first-order valence-electron chi connectivity index (χ1n) is 9.39. The van der Waals surface area contributed by atoms with Crippen LogP contribution in [0.15, 0.2) is 48.5 Å². The number of nitrogens with zero attached hydrogens (tertiary/aromatic N) is 2. The summed E-state index contributed by atoms with van der Waals surface area (Å²) in [5.41, 5.74) is 0.164. The van der Waals surface area contributed by atoms with Crippen molar-refractivity contribution in [1.82, 2.24) is 9.80 Å². The molecule has 0 bridgehead atoms. The Morgan fingerprint density at radius 1 is 0.967 bits per heavy atom. The molecule has 0 saturated carbocycles. The van der Waals surface area contributed by atoms with E-state index in [-0.39, 0.29) is 17.7 Å². The molecule has 8 heteroatoms. The molecule has 7 nitrogen and oxygen atoms in total. The number of anilines is 1. The van der Waals surface area contributed by atoms with E-state index < -0.39 is 41.5 Å². The van der Waals surface area contributed by atoms with E-state index in [0.29, 0.717) is 5.69 Å². The Bertz CT molecular complexity index is 977. The molecule has 1 N–H and O–H groups in total. The molecule has 30 heavy (non-hydrogen) atoms. The minimum Gasteiger partial charge on any atom is -0.327 e. The van der Waals surface area contributed by atoms with Crippen molar-refractivity contribution in [2.75, 3.05) is 18.4 Å². The van der Waals surface area contributed by atoms with Crippen molar-refractivity contribution in [3.05, 3.63) is 65.5 Å². The maximum absolute atomic E-state index is 13.0. The number of amides is 4. The average Bonchev–Trinajstić information content (AvgIpc) is 2.92. The van der Waals surface area contributed by atoms with Crippen molar-refractivity contribution in [2.24, 2.45) is 0 Å². The molecule has 0 aromatic heterocycles. The third-order valence-electron chi connectivity index (χ3n) is 4.71. The lowest BCUT2D eigenvalue weighted by molar-refractivity contribution is -0.139. The fourth-order valence-electron chi connectivity index (χ4n) is 3.18. The third kappa shape index (κ3) is 4.37. The Labute approximate surface area is 173 Å². The van der Waals surface area contributed by atoms with Gasteiger partial charge < -0.3 is 10.2 Å². The SMILES string of the molecule is CC(C)(C)N(CC(=O)Nc1ccc(F)cc1)C(=O)CN1C(=O)c2ccccc2C1=O. The van der Waals surface area contributed by atoms with Crippen molar-refractivity contribution in [1.29, 1.82) is 0 Å². The van der Waals surface area contributed by atoms with Gasteiger partial charge in [-0.15, -0.1) is 0 Å². The second-order valence-corrected chi connectivity index (χ2v) is 7.95. The molecule has 0 radical (unpaired) electrons. The molecule has 2 aromatic carbocycles. The van der Waals surface area contributed by atoms with Crippen molar-refractivity contribution in [3.8, 4) is 0 Å². The maximum Gasteiger partial charge on any atom is 0.262 e. The van der Waals surface area contributed by atoms with Gasteiger partial charge in [-0.2, -0.15) is 0 Å². The molecule has 3 rings (SSSR count). The summed E-state index contributed by atoms with van der Waals surface area (Å²) < 4.78 is 13.0. The molecule has 0 aliphatic carbocycles. The van der Waals surface area contributed by atoms with Gasteiger partial charge in [0, 0.05) is 11.2 Å². The monoisotopic (exact) mass is 411 g/mol. The largest absolute Gasteiger partial charge is 0.327 e. The molecule has 0 spiro atoms. The molecule has 0 fully saturated rings. The molecule has 1 aliphatic rings. The van der Waals surface area contributed by atoms with E-state index in [1.807, 2.05) is 0 Å². The molecule has 0 unspecified atom stereocenters. The molecular formula is C22H22FN3O4. The number of imide groups is 1. The number of rotatable bonds is 5. The summed E-state index contributed by atoms with van der Waals surface area (Å²) in [5.74, 6) is -2.51. The molecule has 156 valence electrons. The van der Waals surface area contributed by atoms with Crippen LogP contribution in [0.2, 0.25) is 0 Å². The number of benzene rings is 2. The van der Waals surface area contributed by atoms with Crippen LogP contribution in [0, 0.1) is 5.82 Å². The third-order valence-corrected chi connectivity index (χ3v) is 4.71. The first-order chi connectivity index (χ1) is 14.1. The standard InChI is InChI=1S/C22H22FN3O4/c1-22(2,3)26(12-18(27)24-15-10-8-14(23)9-11-15)19(28)13-25-20(29)16-6-4-5-7-17(16)21(25)30/h4-11H,12-13H2,1-3H3,(H,24,27). The first-order valence-corrected chi connectivity index (χ1v) is 9.39. The van der Waals surface area contributed by atoms with Crippen LogP contribution in [-0.4, -0.2) is 52.1 Å². The molecule has 1 aliphatic heterocycles. The Kier molecular flexibility index (Phi) is 5.69. The summed E-state index contributed by atoms with van der Waals surface area (Å²) in [6.45, 7) is 4.49. The Morgan fingerprint density at radius 3 is 2.00 bits per heavy atom. The van der Waals surface area contributed by atoms with Gasteiger partial charge in [-0.05, 0) is 57.2 Å². The molecule has 4 amide bonds. The van der Waals surface area contributed by atoms with Crippen LogP contribution in [0.4, 0.5) is 10.1 Å². The first kappa shape index (κ1) is 21.2. The minimum absolute atomic E-state index is 0.256. The van der Waals surface area contributed by atoms with Gasteiger partial charge in [0.25, 0.3) is 11.8 Å². The van der Waals surface area contributed by atoms with E-state index in [9.17, 15) is 23.6 Å². The smallest absolute Gasteiger partial charge is 0.262 e. The highest BCUT2D eigenvalue weighted by Crippen LogP contribution is 2.23. The quantitative estimate of drug-likeness (QED) is 0.767. The van der Waals surface area contributed by atoms with Crippen molar-refractivity contribution < 1.29 is 23.6 Å². The fourth-order valence-corrected chi connectivity index (χ4v) is 3.18. The highest BCUT2D eigenvalue weighted by molar-refractivity contribution is 6.22. The second kappa shape index (κ2) is 8.06. The predicted molar refractivity (Wildman–Crippen MR) is 108 cm³/mol. The Morgan fingerprint density at radius 2 is 1.50 bits per heavy atom. The van der Waals surface area contributed by atoms with Crippen molar-refractivity contribution in [3.63, 3.8) is 0 Å². The van der Waals surface area contributed by atoms with Crippen LogP contribution in [0.3, 0.4) is 0 Å². The van der Waals surface area contributed by atoms with Gasteiger partial charge >= 0.3 is 0 Å². The number of hydrogen-bond donors (Lipinski definition) is 1. The van der Waals surface area contributed by atoms with Gasteiger partial charge in [-0.3, -0.25) is 24.1 Å². The number of halogens is 1. The van der Waals surface area contributed by atoms with Crippen LogP contribution < -0.4 is 5.32 Å². The summed E-state index contributed by atoms with van der Waals surface area (Å²) in [7, 11) is 0. The summed E-state index contributed by atoms with van der Waals surface area (Å²) in [4.78, 5) is 52.7. The van der Waals surface area contributed by atoms with Crippen molar-refractivity contribution in [2.45, 2.75) is 26.3 Å². The zero-order valence-electron chi connectivity index (χ0n) is 16.9. The van der Waals surface area contributed by atoms with E-state index in [4.69, 9.17) is 0 Å². The second-order valence-electron chi connectivity index (χ2n) is 7.95. The van der Waals surface area contributed by atoms with Crippen LogP contribution in [0.1, 0.15) is 41.5 Å². The number of carbonyl (C=O) groups excluding carboxylic acids is 4. The lowest BCUT2D eigenvalue weighted by Gasteiger charge is -2.36. The van der Waals surface area contributed by atoms with Crippen LogP contribution in [0.25, 0.3) is 0 Å². The summed E-state index contributed by atoms with van der Waals surface area (Å²) in [6.07, 6.45) is 0. The lowest BCUT2D eigenvalue weighted by Crippen LogP contribution is -2.53. The number of fused-ring (bicyclic) bond motifs is 1.